The molecular formula is C16H21NO. The van der Waals surface area contributed by atoms with Crippen LogP contribution >= 0.6 is 0 Å². The van der Waals surface area contributed by atoms with Crippen molar-refractivity contribution < 1.29 is 4.79 Å². The molecule has 1 aromatic rings. The predicted molar refractivity (Wildman–Crippen MR) is 72.7 cm³/mol. The van der Waals surface area contributed by atoms with Crippen molar-refractivity contribution in [2.45, 2.75) is 44.7 Å². The van der Waals surface area contributed by atoms with E-state index in [1.54, 1.807) is 0 Å². The van der Waals surface area contributed by atoms with Gasteiger partial charge in [0.2, 0.25) is 0 Å². The first-order chi connectivity index (χ1) is 8.75. The maximum atomic E-state index is 12.5. The molecule has 0 aliphatic heterocycles. The van der Waals surface area contributed by atoms with E-state index in [1.165, 1.54) is 25.7 Å². The average molecular weight is 243 g/mol. The van der Waals surface area contributed by atoms with E-state index in [9.17, 15) is 4.79 Å². The first kappa shape index (κ1) is 11.9. The van der Waals surface area contributed by atoms with Crippen LogP contribution in [0.15, 0.2) is 30.3 Å². The molecule has 1 aromatic carbocycles. The molecule has 2 fully saturated rings. The predicted octanol–water partition coefficient (Wildman–Crippen LogP) is 3.13. The SMILES string of the molecule is CC(C(=O)c1ccccc1)N(CC1CC1)C1CC1. The average Bonchev–Trinajstić information content (AvgIpc) is 3.28. The summed E-state index contributed by atoms with van der Waals surface area (Å²) in [6, 6.07) is 10.4. The highest BCUT2D eigenvalue weighted by Gasteiger charge is 2.38. The first-order valence-corrected chi connectivity index (χ1v) is 7.10. The number of rotatable bonds is 6. The van der Waals surface area contributed by atoms with Gasteiger partial charge in [-0.15, -0.1) is 0 Å². The van der Waals surface area contributed by atoms with Gasteiger partial charge in [0.15, 0.2) is 5.78 Å². The van der Waals surface area contributed by atoms with E-state index in [1.807, 2.05) is 30.3 Å². The molecule has 1 unspecified atom stereocenters. The van der Waals surface area contributed by atoms with E-state index in [0.717, 1.165) is 18.0 Å². The van der Waals surface area contributed by atoms with E-state index in [-0.39, 0.29) is 11.8 Å². The Morgan fingerprint density at radius 1 is 1.22 bits per heavy atom. The quantitative estimate of drug-likeness (QED) is 0.715. The Bertz CT molecular complexity index is 420. The highest BCUT2D eigenvalue weighted by Crippen LogP contribution is 2.36. The Labute approximate surface area is 109 Å². The van der Waals surface area contributed by atoms with Gasteiger partial charge in [-0.25, -0.2) is 0 Å². The highest BCUT2D eigenvalue weighted by molar-refractivity contribution is 5.99. The number of benzene rings is 1. The molecule has 0 heterocycles. The Morgan fingerprint density at radius 2 is 1.89 bits per heavy atom. The molecule has 0 amide bonds. The second-order valence-electron chi connectivity index (χ2n) is 5.78. The summed E-state index contributed by atoms with van der Waals surface area (Å²) in [5, 5.41) is 0. The maximum Gasteiger partial charge on any atom is 0.179 e. The van der Waals surface area contributed by atoms with Gasteiger partial charge in [0.05, 0.1) is 6.04 Å². The molecule has 18 heavy (non-hydrogen) atoms. The zero-order valence-corrected chi connectivity index (χ0v) is 11.0. The summed E-state index contributed by atoms with van der Waals surface area (Å²) in [6.45, 7) is 3.21. The molecule has 2 nitrogen and oxygen atoms in total. The molecule has 2 heteroatoms. The minimum absolute atomic E-state index is 0.0421. The summed E-state index contributed by atoms with van der Waals surface area (Å²) in [7, 11) is 0. The molecule has 0 N–H and O–H groups in total. The molecule has 0 saturated heterocycles. The lowest BCUT2D eigenvalue weighted by atomic mass is 10.0. The second kappa shape index (κ2) is 4.85. The van der Waals surface area contributed by atoms with Crippen molar-refractivity contribution in [3.8, 4) is 0 Å². The summed E-state index contributed by atoms with van der Waals surface area (Å²) < 4.78 is 0. The topological polar surface area (TPSA) is 20.3 Å². The summed E-state index contributed by atoms with van der Waals surface area (Å²) >= 11 is 0. The van der Waals surface area contributed by atoms with Gasteiger partial charge in [-0.1, -0.05) is 30.3 Å². The standard InChI is InChI=1S/C16H21NO/c1-12(16(18)14-5-3-2-4-6-14)17(15-9-10-15)11-13-7-8-13/h2-6,12-13,15H,7-11H2,1H3. The van der Waals surface area contributed by atoms with Crippen molar-refractivity contribution in [2.24, 2.45) is 5.92 Å². The van der Waals surface area contributed by atoms with E-state index < -0.39 is 0 Å². The largest absolute Gasteiger partial charge is 0.292 e. The molecule has 2 saturated carbocycles. The summed E-state index contributed by atoms with van der Waals surface area (Å²) in [6.07, 6.45) is 5.27. The molecule has 96 valence electrons. The third-order valence-corrected chi connectivity index (χ3v) is 4.12. The number of nitrogens with zero attached hydrogens (tertiary/aromatic N) is 1. The van der Waals surface area contributed by atoms with Gasteiger partial charge in [-0.3, -0.25) is 9.69 Å². The fourth-order valence-corrected chi connectivity index (χ4v) is 2.62. The van der Waals surface area contributed by atoms with Crippen molar-refractivity contribution in [2.75, 3.05) is 6.54 Å². The van der Waals surface area contributed by atoms with Gasteiger partial charge in [-0.2, -0.15) is 0 Å². The molecule has 2 aliphatic carbocycles. The number of carbonyl (C=O) groups is 1. The lowest BCUT2D eigenvalue weighted by Gasteiger charge is -2.28. The Balaban J connectivity index is 1.70. The summed E-state index contributed by atoms with van der Waals surface area (Å²) in [5.74, 6) is 1.14. The summed E-state index contributed by atoms with van der Waals surface area (Å²) in [5.41, 5.74) is 0.853. The number of hydrogen-bond acceptors (Lipinski definition) is 2. The third kappa shape index (κ3) is 2.64. The van der Waals surface area contributed by atoms with Gasteiger partial charge in [-0.05, 0) is 38.5 Å². The minimum Gasteiger partial charge on any atom is -0.292 e. The normalized spacial score (nSPS) is 21.0. The number of hydrogen-bond donors (Lipinski definition) is 0. The zero-order chi connectivity index (χ0) is 12.5. The van der Waals surface area contributed by atoms with E-state index in [2.05, 4.69) is 11.8 Å². The molecule has 3 rings (SSSR count). The van der Waals surface area contributed by atoms with Crippen LogP contribution in [0.25, 0.3) is 0 Å². The van der Waals surface area contributed by atoms with Crippen molar-refractivity contribution in [3.63, 3.8) is 0 Å². The van der Waals surface area contributed by atoms with Crippen molar-refractivity contribution in [1.29, 1.82) is 0 Å². The van der Waals surface area contributed by atoms with Crippen LogP contribution in [0.2, 0.25) is 0 Å². The van der Waals surface area contributed by atoms with Gasteiger partial charge in [0.1, 0.15) is 0 Å². The number of ketones is 1. The third-order valence-electron chi connectivity index (χ3n) is 4.12. The Kier molecular flexibility index (Phi) is 3.21. The van der Waals surface area contributed by atoms with E-state index in [4.69, 9.17) is 0 Å². The van der Waals surface area contributed by atoms with E-state index >= 15 is 0 Å². The molecule has 0 radical (unpaired) electrons. The van der Waals surface area contributed by atoms with E-state index in [0.29, 0.717) is 6.04 Å². The van der Waals surface area contributed by atoms with Crippen LogP contribution in [-0.4, -0.2) is 29.3 Å². The maximum absolute atomic E-state index is 12.5. The molecule has 1 atom stereocenters. The fourth-order valence-electron chi connectivity index (χ4n) is 2.62. The smallest absolute Gasteiger partial charge is 0.179 e. The number of Topliss-reactive ketones (excluding diaryl/α,β-unsaturated/α-hetero) is 1. The van der Waals surface area contributed by atoms with Crippen molar-refractivity contribution >= 4 is 5.78 Å². The lowest BCUT2D eigenvalue weighted by molar-refractivity contribution is 0.0819. The summed E-state index contributed by atoms with van der Waals surface area (Å²) in [4.78, 5) is 14.9. The Morgan fingerprint density at radius 3 is 2.44 bits per heavy atom. The molecule has 0 spiro atoms. The second-order valence-corrected chi connectivity index (χ2v) is 5.78. The van der Waals surface area contributed by atoms with Crippen LogP contribution in [-0.2, 0) is 0 Å². The van der Waals surface area contributed by atoms with Gasteiger partial charge < -0.3 is 0 Å². The Hall–Kier alpha value is -1.15. The van der Waals surface area contributed by atoms with Crippen LogP contribution in [0.1, 0.15) is 43.0 Å². The molecule has 0 aromatic heterocycles. The lowest BCUT2D eigenvalue weighted by Crippen LogP contribution is -2.41. The van der Waals surface area contributed by atoms with Crippen molar-refractivity contribution in [3.05, 3.63) is 35.9 Å². The van der Waals surface area contributed by atoms with Crippen LogP contribution in [0.4, 0.5) is 0 Å². The molecule has 2 aliphatic rings. The van der Waals surface area contributed by atoms with Gasteiger partial charge in [0, 0.05) is 18.2 Å². The van der Waals surface area contributed by atoms with Crippen LogP contribution in [0.5, 0.6) is 0 Å². The fraction of sp³-hybridized carbons (Fsp3) is 0.562. The monoisotopic (exact) mass is 243 g/mol. The van der Waals surface area contributed by atoms with Crippen LogP contribution < -0.4 is 0 Å². The zero-order valence-electron chi connectivity index (χ0n) is 11.0. The highest BCUT2D eigenvalue weighted by atomic mass is 16.1. The van der Waals surface area contributed by atoms with Gasteiger partial charge in [0.25, 0.3) is 0 Å². The van der Waals surface area contributed by atoms with Crippen molar-refractivity contribution in [1.82, 2.24) is 4.90 Å². The van der Waals surface area contributed by atoms with Crippen LogP contribution in [0, 0.1) is 5.92 Å². The van der Waals surface area contributed by atoms with Gasteiger partial charge >= 0.3 is 0 Å². The minimum atomic E-state index is 0.0421. The molecule has 0 bridgehead atoms. The molecular weight excluding hydrogens is 222 g/mol. The van der Waals surface area contributed by atoms with Crippen LogP contribution in [0.3, 0.4) is 0 Å². The number of carbonyl (C=O) groups excluding carboxylic acids is 1. The first-order valence-electron chi connectivity index (χ1n) is 7.10.